The standard InChI is InChI=1S/C12H13Br2ClO/c1-3-12(16)10(14)5-8-6-11(15)7(2)4-9(8)13/h4,6,10H,3,5H2,1-2H3. The van der Waals surface area contributed by atoms with E-state index in [4.69, 9.17) is 11.6 Å². The van der Waals surface area contributed by atoms with Crippen LogP contribution in [0, 0.1) is 6.92 Å². The van der Waals surface area contributed by atoms with Crippen LogP contribution in [0.25, 0.3) is 0 Å². The maximum Gasteiger partial charge on any atom is 0.146 e. The number of carbonyl (C=O) groups is 1. The molecule has 88 valence electrons. The minimum absolute atomic E-state index is 0.132. The van der Waals surface area contributed by atoms with Crippen LogP contribution in [0.4, 0.5) is 0 Å². The maximum absolute atomic E-state index is 11.5. The molecule has 1 unspecified atom stereocenters. The van der Waals surface area contributed by atoms with Gasteiger partial charge in [0.2, 0.25) is 0 Å². The van der Waals surface area contributed by atoms with Crippen molar-refractivity contribution in [2.24, 2.45) is 0 Å². The van der Waals surface area contributed by atoms with E-state index in [1.54, 1.807) is 0 Å². The third-order valence-corrected chi connectivity index (χ3v) is 4.40. The van der Waals surface area contributed by atoms with E-state index in [0.717, 1.165) is 20.6 Å². The molecule has 0 radical (unpaired) electrons. The van der Waals surface area contributed by atoms with Gasteiger partial charge in [-0.2, -0.15) is 0 Å². The SMILES string of the molecule is CCC(=O)C(Br)Cc1cc(Cl)c(C)cc1Br. The Bertz CT molecular complexity index is 404. The Labute approximate surface area is 118 Å². The molecule has 1 aromatic carbocycles. The molecule has 0 heterocycles. The van der Waals surface area contributed by atoms with E-state index in [1.165, 1.54) is 0 Å². The molecule has 1 aromatic rings. The van der Waals surface area contributed by atoms with E-state index in [1.807, 2.05) is 26.0 Å². The Morgan fingerprint density at radius 2 is 2.12 bits per heavy atom. The van der Waals surface area contributed by atoms with E-state index in [9.17, 15) is 4.79 Å². The summed E-state index contributed by atoms with van der Waals surface area (Å²) in [5.74, 6) is 0.212. The van der Waals surface area contributed by atoms with Gasteiger partial charge < -0.3 is 0 Å². The average Bonchev–Trinajstić information content (AvgIpc) is 2.24. The summed E-state index contributed by atoms with van der Waals surface area (Å²) in [5, 5.41) is 0.738. The molecule has 0 N–H and O–H groups in total. The monoisotopic (exact) mass is 366 g/mol. The van der Waals surface area contributed by atoms with Crippen molar-refractivity contribution in [3.05, 3.63) is 32.8 Å². The molecule has 1 nitrogen and oxygen atoms in total. The molecule has 0 aliphatic carbocycles. The quantitative estimate of drug-likeness (QED) is 0.704. The number of aryl methyl sites for hydroxylation is 1. The number of ketones is 1. The molecule has 1 atom stereocenters. The van der Waals surface area contributed by atoms with Crippen LogP contribution in [-0.2, 0) is 11.2 Å². The highest BCUT2D eigenvalue weighted by atomic mass is 79.9. The molecule has 0 bridgehead atoms. The third-order valence-electron chi connectivity index (χ3n) is 2.42. The zero-order valence-corrected chi connectivity index (χ0v) is 13.1. The van der Waals surface area contributed by atoms with Crippen LogP contribution in [0.5, 0.6) is 0 Å². The van der Waals surface area contributed by atoms with Crippen molar-refractivity contribution in [2.45, 2.75) is 31.5 Å². The molecule has 0 spiro atoms. The fourth-order valence-electron chi connectivity index (χ4n) is 1.37. The summed E-state index contributed by atoms with van der Waals surface area (Å²) in [6.07, 6.45) is 1.21. The van der Waals surface area contributed by atoms with Crippen LogP contribution in [0.15, 0.2) is 16.6 Å². The van der Waals surface area contributed by atoms with E-state index in [2.05, 4.69) is 31.9 Å². The summed E-state index contributed by atoms with van der Waals surface area (Å²) in [6.45, 7) is 3.83. The van der Waals surface area contributed by atoms with E-state index in [0.29, 0.717) is 12.8 Å². The molecule has 16 heavy (non-hydrogen) atoms. The van der Waals surface area contributed by atoms with Crippen molar-refractivity contribution in [3.63, 3.8) is 0 Å². The first-order valence-electron chi connectivity index (χ1n) is 5.07. The molecule has 0 aliphatic heterocycles. The van der Waals surface area contributed by atoms with Gasteiger partial charge in [-0.1, -0.05) is 50.4 Å². The number of Topliss-reactive ketones (excluding diaryl/α,β-unsaturated/α-hetero) is 1. The van der Waals surface area contributed by atoms with Crippen molar-refractivity contribution in [2.75, 3.05) is 0 Å². The predicted octanol–water partition coefficient (Wildman–Crippen LogP) is 4.70. The van der Waals surface area contributed by atoms with Crippen LogP contribution < -0.4 is 0 Å². The largest absolute Gasteiger partial charge is 0.298 e. The van der Waals surface area contributed by atoms with Gasteiger partial charge in [0.05, 0.1) is 4.83 Å². The maximum atomic E-state index is 11.5. The first-order chi connectivity index (χ1) is 7.45. The van der Waals surface area contributed by atoms with E-state index >= 15 is 0 Å². The number of hydrogen-bond donors (Lipinski definition) is 0. The van der Waals surface area contributed by atoms with E-state index < -0.39 is 0 Å². The highest BCUT2D eigenvalue weighted by Crippen LogP contribution is 2.27. The van der Waals surface area contributed by atoms with Crippen molar-refractivity contribution in [1.82, 2.24) is 0 Å². The van der Waals surface area contributed by atoms with Gasteiger partial charge in [-0.3, -0.25) is 4.79 Å². The first kappa shape index (κ1) is 14.2. The van der Waals surface area contributed by atoms with Gasteiger partial charge in [-0.15, -0.1) is 0 Å². The van der Waals surface area contributed by atoms with Crippen LogP contribution in [0.3, 0.4) is 0 Å². The van der Waals surface area contributed by atoms with Crippen molar-refractivity contribution in [1.29, 1.82) is 0 Å². The lowest BCUT2D eigenvalue weighted by Crippen LogP contribution is -2.15. The number of halogens is 3. The normalized spacial score (nSPS) is 12.6. The molecule has 0 amide bonds. The van der Waals surface area contributed by atoms with Gasteiger partial charge in [0.1, 0.15) is 5.78 Å². The Hall–Kier alpha value is 0.140. The minimum atomic E-state index is -0.132. The van der Waals surface area contributed by atoms with Gasteiger partial charge in [-0.05, 0) is 36.6 Å². The number of alkyl halides is 1. The molecule has 0 saturated carbocycles. The Kier molecular flexibility index (Phi) is 5.48. The van der Waals surface area contributed by atoms with Crippen molar-refractivity contribution >= 4 is 49.2 Å². The lowest BCUT2D eigenvalue weighted by molar-refractivity contribution is -0.118. The summed E-state index contributed by atoms with van der Waals surface area (Å²) in [7, 11) is 0. The number of carbonyl (C=O) groups excluding carboxylic acids is 1. The first-order valence-corrected chi connectivity index (χ1v) is 7.15. The van der Waals surface area contributed by atoms with Crippen LogP contribution in [0.2, 0.25) is 5.02 Å². The average molecular weight is 368 g/mol. The van der Waals surface area contributed by atoms with Gasteiger partial charge in [-0.25, -0.2) is 0 Å². The predicted molar refractivity (Wildman–Crippen MR) is 75.6 cm³/mol. The minimum Gasteiger partial charge on any atom is -0.298 e. The van der Waals surface area contributed by atoms with Gasteiger partial charge >= 0.3 is 0 Å². The van der Waals surface area contributed by atoms with Crippen LogP contribution in [-0.4, -0.2) is 10.6 Å². The Balaban J connectivity index is 2.89. The third kappa shape index (κ3) is 3.57. The van der Waals surface area contributed by atoms with Gasteiger partial charge in [0.25, 0.3) is 0 Å². The van der Waals surface area contributed by atoms with Crippen LogP contribution >= 0.6 is 43.5 Å². The number of rotatable bonds is 4. The summed E-state index contributed by atoms with van der Waals surface area (Å²) < 4.78 is 1.00. The fourth-order valence-corrected chi connectivity index (χ4v) is 2.85. The Morgan fingerprint density at radius 1 is 1.50 bits per heavy atom. The lowest BCUT2D eigenvalue weighted by atomic mass is 10.0. The summed E-state index contributed by atoms with van der Waals surface area (Å²) in [4.78, 5) is 11.4. The van der Waals surface area contributed by atoms with E-state index in [-0.39, 0.29) is 10.6 Å². The van der Waals surface area contributed by atoms with Gasteiger partial charge in [0.15, 0.2) is 0 Å². The second-order valence-corrected chi connectivity index (χ2v) is 6.05. The second-order valence-electron chi connectivity index (χ2n) is 3.68. The number of benzene rings is 1. The topological polar surface area (TPSA) is 17.1 Å². The van der Waals surface area contributed by atoms with Crippen molar-refractivity contribution in [3.8, 4) is 0 Å². The van der Waals surface area contributed by atoms with Crippen molar-refractivity contribution < 1.29 is 4.79 Å². The molecule has 4 heteroatoms. The molecule has 1 rings (SSSR count). The van der Waals surface area contributed by atoms with Crippen LogP contribution in [0.1, 0.15) is 24.5 Å². The Morgan fingerprint density at radius 3 is 2.69 bits per heavy atom. The highest BCUT2D eigenvalue weighted by Gasteiger charge is 2.15. The summed E-state index contributed by atoms with van der Waals surface area (Å²) in [5.41, 5.74) is 2.09. The smallest absolute Gasteiger partial charge is 0.146 e. The number of hydrogen-bond acceptors (Lipinski definition) is 1. The molecule has 0 saturated heterocycles. The highest BCUT2D eigenvalue weighted by molar-refractivity contribution is 9.10. The zero-order valence-electron chi connectivity index (χ0n) is 9.19. The fraction of sp³-hybridized carbons (Fsp3) is 0.417. The summed E-state index contributed by atoms with van der Waals surface area (Å²) >= 11 is 13.0. The second kappa shape index (κ2) is 6.18. The van der Waals surface area contributed by atoms with Gasteiger partial charge in [0, 0.05) is 15.9 Å². The molecular weight excluding hydrogens is 355 g/mol. The lowest BCUT2D eigenvalue weighted by Gasteiger charge is -2.11. The molecular formula is C12H13Br2ClO. The molecule has 0 fully saturated rings. The summed E-state index contributed by atoms with van der Waals surface area (Å²) in [6, 6.07) is 3.89. The molecule has 0 aromatic heterocycles. The zero-order chi connectivity index (χ0) is 12.3. The molecule has 0 aliphatic rings.